The highest BCUT2D eigenvalue weighted by atomic mass is 16.5. The summed E-state index contributed by atoms with van der Waals surface area (Å²) in [7, 11) is 1.28. The number of hydrogen-bond acceptors (Lipinski definition) is 4. The van der Waals surface area contributed by atoms with Crippen LogP contribution in [-0.2, 0) is 14.3 Å². The van der Waals surface area contributed by atoms with Crippen molar-refractivity contribution in [3.63, 3.8) is 0 Å². The van der Waals surface area contributed by atoms with Crippen LogP contribution in [0.15, 0.2) is 54.6 Å². The van der Waals surface area contributed by atoms with Gasteiger partial charge in [-0.2, -0.15) is 0 Å². The number of carbonyl (C=O) groups excluding carboxylic acids is 3. The average Bonchev–Trinajstić information content (AvgIpc) is 2.89. The van der Waals surface area contributed by atoms with Crippen molar-refractivity contribution in [1.82, 2.24) is 4.90 Å². The Morgan fingerprint density at radius 3 is 2.27 bits per heavy atom. The van der Waals surface area contributed by atoms with Crippen molar-refractivity contribution < 1.29 is 19.1 Å². The maximum Gasteiger partial charge on any atom is 0.316 e. The van der Waals surface area contributed by atoms with Gasteiger partial charge in [0.25, 0.3) is 5.91 Å². The van der Waals surface area contributed by atoms with E-state index in [9.17, 15) is 14.4 Å². The molecule has 1 atom stereocenters. The fourth-order valence-electron chi connectivity index (χ4n) is 3.19. The maximum atomic E-state index is 12.8. The van der Waals surface area contributed by atoms with E-state index in [4.69, 9.17) is 0 Å². The summed E-state index contributed by atoms with van der Waals surface area (Å²) < 4.78 is 4.69. The molecule has 2 aromatic rings. The number of Topliss-reactive ketones (excluding diaryl/α,β-unsaturated/α-hetero) is 1. The van der Waals surface area contributed by atoms with Crippen molar-refractivity contribution in [1.29, 1.82) is 0 Å². The lowest BCUT2D eigenvalue weighted by Crippen LogP contribution is -2.32. The Hall–Kier alpha value is -2.95. The van der Waals surface area contributed by atoms with Crippen LogP contribution < -0.4 is 0 Å². The molecule has 26 heavy (non-hydrogen) atoms. The first-order valence-electron chi connectivity index (χ1n) is 8.65. The van der Waals surface area contributed by atoms with E-state index in [-0.39, 0.29) is 18.1 Å². The topological polar surface area (TPSA) is 63.7 Å². The fourth-order valence-corrected chi connectivity index (χ4v) is 3.19. The molecular formula is C21H21NO4. The Morgan fingerprint density at radius 1 is 0.962 bits per heavy atom. The Labute approximate surface area is 152 Å². The number of nitrogens with zero attached hydrogens (tertiary/aromatic N) is 1. The van der Waals surface area contributed by atoms with Crippen LogP contribution in [0.3, 0.4) is 0 Å². The van der Waals surface area contributed by atoms with Gasteiger partial charge >= 0.3 is 5.97 Å². The molecule has 0 N–H and O–H groups in total. The van der Waals surface area contributed by atoms with E-state index in [1.807, 2.05) is 42.5 Å². The first-order valence-corrected chi connectivity index (χ1v) is 8.65. The molecule has 1 unspecified atom stereocenters. The zero-order chi connectivity index (χ0) is 18.5. The predicted octanol–water partition coefficient (Wildman–Crippen LogP) is 2.95. The van der Waals surface area contributed by atoms with Crippen molar-refractivity contribution in [3.8, 4) is 11.1 Å². The van der Waals surface area contributed by atoms with E-state index in [0.29, 0.717) is 25.1 Å². The lowest BCUT2D eigenvalue weighted by atomic mass is 10.00. The number of likely N-dealkylation sites (tertiary alicyclic amines) is 1. The molecule has 1 amide bonds. The smallest absolute Gasteiger partial charge is 0.316 e. The number of ether oxygens (including phenoxy) is 1. The molecular weight excluding hydrogens is 330 g/mol. The second-order valence-corrected chi connectivity index (χ2v) is 6.32. The van der Waals surface area contributed by atoms with Gasteiger partial charge in [-0.15, -0.1) is 0 Å². The fraction of sp³-hybridized carbons (Fsp3) is 0.286. The molecule has 2 aromatic carbocycles. The van der Waals surface area contributed by atoms with Crippen LogP contribution >= 0.6 is 0 Å². The molecule has 0 saturated carbocycles. The third-order valence-electron chi connectivity index (χ3n) is 4.72. The van der Waals surface area contributed by atoms with Crippen LogP contribution in [0.25, 0.3) is 11.1 Å². The van der Waals surface area contributed by atoms with Crippen molar-refractivity contribution in [3.05, 3.63) is 60.2 Å². The standard InChI is InChI=1S/C21H21NO4/c1-26-21(25)18-11-13-22(14-12-19(18)23)20(24)17-9-7-16(8-10-17)15-5-3-2-4-6-15/h2-10,18H,11-14H2,1H3. The third-order valence-corrected chi connectivity index (χ3v) is 4.72. The number of ketones is 1. The number of methoxy groups -OCH3 is 1. The van der Waals surface area contributed by atoms with Gasteiger partial charge in [-0.25, -0.2) is 0 Å². The maximum absolute atomic E-state index is 12.8. The van der Waals surface area contributed by atoms with E-state index in [2.05, 4.69) is 4.74 Å². The van der Waals surface area contributed by atoms with Crippen molar-refractivity contribution in [2.45, 2.75) is 12.8 Å². The highest BCUT2D eigenvalue weighted by Gasteiger charge is 2.32. The van der Waals surface area contributed by atoms with Gasteiger partial charge in [0.15, 0.2) is 0 Å². The molecule has 5 heteroatoms. The summed E-state index contributed by atoms with van der Waals surface area (Å²) in [4.78, 5) is 38.2. The Kier molecular flexibility index (Phi) is 5.46. The molecule has 1 heterocycles. The number of benzene rings is 2. The lowest BCUT2D eigenvalue weighted by Gasteiger charge is -2.20. The Morgan fingerprint density at radius 2 is 1.62 bits per heavy atom. The second kappa shape index (κ2) is 7.95. The molecule has 1 saturated heterocycles. The molecule has 0 aromatic heterocycles. The highest BCUT2D eigenvalue weighted by molar-refractivity contribution is 6.00. The number of rotatable bonds is 3. The van der Waals surface area contributed by atoms with E-state index in [1.54, 1.807) is 17.0 Å². The quantitative estimate of drug-likeness (QED) is 0.630. The summed E-state index contributed by atoms with van der Waals surface area (Å²) in [6.07, 6.45) is 0.479. The van der Waals surface area contributed by atoms with Crippen molar-refractivity contribution >= 4 is 17.7 Å². The SMILES string of the molecule is COC(=O)C1CCN(C(=O)c2ccc(-c3ccccc3)cc2)CCC1=O. The zero-order valence-electron chi connectivity index (χ0n) is 14.7. The molecule has 0 spiro atoms. The third kappa shape index (κ3) is 3.82. The van der Waals surface area contributed by atoms with Crippen LogP contribution in [0, 0.1) is 5.92 Å². The summed E-state index contributed by atoms with van der Waals surface area (Å²) >= 11 is 0. The monoisotopic (exact) mass is 351 g/mol. The molecule has 3 rings (SSSR count). The van der Waals surface area contributed by atoms with E-state index in [0.717, 1.165) is 11.1 Å². The van der Waals surface area contributed by atoms with E-state index < -0.39 is 11.9 Å². The van der Waals surface area contributed by atoms with Gasteiger partial charge in [0.1, 0.15) is 11.7 Å². The largest absolute Gasteiger partial charge is 0.468 e. The minimum absolute atomic E-state index is 0.122. The Balaban J connectivity index is 1.71. The van der Waals surface area contributed by atoms with Crippen LogP contribution in [0.5, 0.6) is 0 Å². The van der Waals surface area contributed by atoms with Gasteiger partial charge in [-0.3, -0.25) is 14.4 Å². The summed E-state index contributed by atoms with van der Waals surface area (Å²) in [6, 6.07) is 17.4. The van der Waals surface area contributed by atoms with Gasteiger partial charge in [0.05, 0.1) is 7.11 Å². The van der Waals surface area contributed by atoms with Crippen LogP contribution in [0.4, 0.5) is 0 Å². The first kappa shape index (κ1) is 17.9. The van der Waals surface area contributed by atoms with Gasteiger partial charge in [0, 0.05) is 25.1 Å². The van der Waals surface area contributed by atoms with Gasteiger partial charge in [-0.05, 0) is 29.7 Å². The first-order chi connectivity index (χ1) is 12.6. The molecule has 5 nitrogen and oxygen atoms in total. The highest BCUT2D eigenvalue weighted by Crippen LogP contribution is 2.21. The average molecular weight is 351 g/mol. The minimum atomic E-state index is -0.766. The summed E-state index contributed by atoms with van der Waals surface area (Å²) in [5, 5.41) is 0. The van der Waals surface area contributed by atoms with E-state index in [1.165, 1.54) is 7.11 Å². The van der Waals surface area contributed by atoms with E-state index >= 15 is 0 Å². The normalized spacial score (nSPS) is 17.5. The Bertz CT molecular complexity index is 799. The number of hydrogen-bond donors (Lipinski definition) is 0. The molecule has 0 bridgehead atoms. The van der Waals surface area contributed by atoms with Crippen molar-refractivity contribution in [2.24, 2.45) is 5.92 Å². The minimum Gasteiger partial charge on any atom is -0.468 e. The van der Waals surface area contributed by atoms with Crippen LogP contribution in [0.2, 0.25) is 0 Å². The molecule has 0 aliphatic carbocycles. The summed E-state index contributed by atoms with van der Waals surface area (Å²) in [5.41, 5.74) is 2.71. The molecule has 134 valence electrons. The van der Waals surface area contributed by atoms with Gasteiger partial charge in [-0.1, -0.05) is 42.5 Å². The van der Waals surface area contributed by atoms with Crippen LogP contribution in [-0.4, -0.2) is 42.8 Å². The number of carbonyl (C=O) groups is 3. The molecule has 0 radical (unpaired) electrons. The predicted molar refractivity (Wildman–Crippen MR) is 97.5 cm³/mol. The zero-order valence-corrected chi connectivity index (χ0v) is 14.7. The van der Waals surface area contributed by atoms with Gasteiger partial charge in [0.2, 0.25) is 0 Å². The molecule has 1 aliphatic rings. The van der Waals surface area contributed by atoms with Crippen LogP contribution in [0.1, 0.15) is 23.2 Å². The van der Waals surface area contributed by atoms with Crippen molar-refractivity contribution in [2.75, 3.05) is 20.2 Å². The molecule has 1 aliphatic heterocycles. The molecule has 1 fully saturated rings. The summed E-state index contributed by atoms with van der Waals surface area (Å²) in [6.45, 7) is 0.691. The number of amides is 1. The summed E-state index contributed by atoms with van der Waals surface area (Å²) in [5.74, 6) is -1.57. The van der Waals surface area contributed by atoms with Gasteiger partial charge < -0.3 is 9.64 Å². The number of esters is 1. The lowest BCUT2D eigenvalue weighted by molar-refractivity contribution is -0.149. The second-order valence-electron chi connectivity index (χ2n) is 6.32.